The van der Waals surface area contributed by atoms with E-state index in [-0.39, 0.29) is 24.3 Å². The number of hydrogen-bond donors (Lipinski definition) is 3. The minimum absolute atomic E-state index is 0.163. The first-order chi connectivity index (χ1) is 11.9. The van der Waals surface area contributed by atoms with Crippen molar-refractivity contribution in [1.82, 2.24) is 20.4 Å². The number of nitrogens with one attached hydrogen (secondary N) is 3. The van der Waals surface area contributed by atoms with Gasteiger partial charge in [-0.2, -0.15) is 5.10 Å². The Labute approximate surface area is 145 Å². The number of nitrogens with zero attached hydrogens (tertiary/aromatic N) is 2. The summed E-state index contributed by atoms with van der Waals surface area (Å²) in [6.07, 6.45) is 0. The number of carbonyl (C=O) groups excluding carboxylic acids is 3. The van der Waals surface area contributed by atoms with Crippen LogP contribution in [0.25, 0.3) is 0 Å². The molecule has 0 bridgehead atoms. The summed E-state index contributed by atoms with van der Waals surface area (Å²) < 4.78 is 1.58. The second-order valence-corrected chi connectivity index (χ2v) is 5.37. The van der Waals surface area contributed by atoms with Gasteiger partial charge in [0.15, 0.2) is 0 Å². The average Bonchev–Trinajstić information content (AvgIpc) is 3.00. The number of amides is 3. The lowest BCUT2D eigenvalue weighted by atomic mass is 10.2. The summed E-state index contributed by atoms with van der Waals surface area (Å²) in [7, 11) is 1.55. The van der Waals surface area contributed by atoms with E-state index in [0.717, 1.165) is 5.69 Å². The van der Waals surface area contributed by atoms with Crippen LogP contribution < -0.4 is 16.0 Å². The lowest BCUT2D eigenvalue weighted by Gasteiger charge is -2.08. The molecule has 0 radical (unpaired) electrons. The van der Waals surface area contributed by atoms with Gasteiger partial charge in [-0.15, -0.1) is 0 Å². The Bertz CT molecular complexity index is 780. The number of anilines is 1. The molecule has 0 saturated carbocycles. The maximum Gasteiger partial charge on any atom is 0.269 e. The van der Waals surface area contributed by atoms with E-state index < -0.39 is 0 Å². The topological polar surface area (TPSA) is 105 Å². The Balaban J connectivity index is 1.90. The molecule has 1 heterocycles. The van der Waals surface area contributed by atoms with E-state index in [1.165, 1.54) is 0 Å². The van der Waals surface area contributed by atoms with Crippen molar-refractivity contribution >= 4 is 23.4 Å². The maximum atomic E-state index is 12.2. The lowest BCUT2D eigenvalue weighted by molar-refractivity contribution is -0.115. The molecule has 0 aliphatic carbocycles. The van der Waals surface area contributed by atoms with Crippen molar-refractivity contribution in [3.05, 3.63) is 47.3 Å². The Morgan fingerprint density at radius 3 is 2.40 bits per heavy atom. The van der Waals surface area contributed by atoms with Crippen molar-refractivity contribution < 1.29 is 14.4 Å². The molecule has 8 heteroatoms. The molecule has 0 spiro atoms. The van der Waals surface area contributed by atoms with Gasteiger partial charge in [0.05, 0.1) is 12.2 Å². The molecule has 0 aliphatic rings. The fourth-order valence-electron chi connectivity index (χ4n) is 2.27. The number of aromatic nitrogens is 2. The van der Waals surface area contributed by atoms with Crippen LogP contribution in [0.3, 0.4) is 0 Å². The molecule has 0 atom stereocenters. The van der Waals surface area contributed by atoms with E-state index in [4.69, 9.17) is 0 Å². The fraction of sp³-hybridized carbons (Fsp3) is 0.294. The van der Waals surface area contributed by atoms with Crippen molar-refractivity contribution in [3.63, 3.8) is 0 Å². The molecule has 0 unspecified atom stereocenters. The Morgan fingerprint density at radius 1 is 1.12 bits per heavy atom. The minimum Gasteiger partial charge on any atom is -0.355 e. The molecule has 2 aromatic rings. The number of hydrogen-bond acceptors (Lipinski definition) is 4. The van der Waals surface area contributed by atoms with Crippen molar-refractivity contribution in [2.75, 3.05) is 18.9 Å². The average molecular weight is 343 g/mol. The Hall–Kier alpha value is -3.16. The Kier molecular flexibility index (Phi) is 5.89. The van der Waals surface area contributed by atoms with Crippen LogP contribution in [-0.2, 0) is 11.3 Å². The highest BCUT2D eigenvalue weighted by molar-refractivity contribution is 5.99. The molecule has 3 amide bonds. The summed E-state index contributed by atoms with van der Waals surface area (Å²) in [5.74, 6) is -0.916. The van der Waals surface area contributed by atoms with Gasteiger partial charge < -0.3 is 16.0 Å². The molecule has 1 aromatic carbocycles. The van der Waals surface area contributed by atoms with Crippen LogP contribution in [-0.4, -0.2) is 41.1 Å². The maximum absolute atomic E-state index is 12.2. The van der Waals surface area contributed by atoms with Gasteiger partial charge in [0.1, 0.15) is 5.69 Å². The molecule has 132 valence electrons. The summed E-state index contributed by atoms with van der Waals surface area (Å²) in [5.41, 5.74) is 2.20. The minimum atomic E-state index is -0.361. The third kappa shape index (κ3) is 4.66. The van der Waals surface area contributed by atoms with Gasteiger partial charge in [0, 0.05) is 24.8 Å². The first-order valence-electron chi connectivity index (χ1n) is 7.89. The third-order valence-electron chi connectivity index (χ3n) is 3.50. The normalized spacial score (nSPS) is 10.2. The summed E-state index contributed by atoms with van der Waals surface area (Å²) in [6, 6.07) is 8.14. The highest BCUT2D eigenvalue weighted by atomic mass is 16.2. The van der Waals surface area contributed by atoms with E-state index in [2.05, 4.69) is 21.0 Å². The number of aryl methyl sites for hydroxylation is 2. The zero-order valence-electron chi connectivity index (χ0n) is 14.4. The molecular weight excluding hydrogens is 322 g/mol. The zero-order valence-corrected chi connectivity index (χ0v) is 14.4. The van der Waals surface area contributed by atoms with Crippen LogP contribution in [0.1, 0.15) is 33.5 Å². The van der Waals surface area contributed by atoms with Crippen LogP contribution in [0.15, 0.2) is 30.3 Å². The number of benzene rings is 1. The number of rotatable bonds is 6. The molecule has 0 fully saturated rings. The van der Waals surface area contributed by atoms with E-state index in [9.17, 15) is 14.4 Å². The van der Waals surface area contributed by atoms with Gasteiger partial charge in [-0.1, -0.05) is 0 Å². The summed E-state index contributed by atoms with van der Waals surface area (Å²) >= 11 is 0. The van der Waals surface area contributed by atoms with Gasteiger partial charge in [-0.3, -0.25) is 19.1 Å². The molecule has 0 saturated heterocycles. The van der Waals surface area contributed by atoms with Crippen LogP contribution in [0.2, 0.25) is 0 Å². The second kappa shape index (κ2) is 8.09. The molecule has 8 nitrogen and oxygen atoms in total. The van der Waals surface area contributed by atoms with Gasteiger partial charge in [-0.05, 0) is 44.2 Å². The van der Waals surface area contributed by atoms with Crippen molar-refractivity contribution in [2.45, 2.75) is 20.4 Å². The van der Waals surface area contributed by atoms with E-state index >= 15 is 0 Å². The van der Waals surface area contributed by atoms with Crippen LogP contribution in [0.5, 0.6) is 0 Å². The standard InChI is InChI=1S/C17H21N5O3/c1-4-22-14(9-11(2)21-22)17(25)19-10-15(23)20-13-7-5-12(6-8-13)16(24)18-3/h5-9H,4,10H2,1-3H3,(H,18,24)(H,19,25)(H,20,23). The predicted molar refractivity (Wildman–Crippen MR) is 93.4 cm³/mol. The number of carbonyl (C=O) groups is 3. The lowest BCUT2D eigenvalue weighted by Crippen LogP contribution is -2.34. The van der Waals surface area contributed by atoms with E-state index in [1.807, 2.05) is 6.92 Å². The zero-order chi connectivity index (χ0) is 18.4. The molecular formula is C17H21N5O3. The first kappa shape index (κ1) is 18.2. The quantitative estimate of drug-likeness (QED) is 0.726. The molecule has 3 N–H and O–H groups in total. The summed E-state index contributed by atoms with van der Waals surface area (Å²) in [6.45, 7) is 4.10. The van der Waals surface area contributed by atoms with Gasteiger partial charge in [0.25, 0.3) is 11.8 Å². The third-order valence-corrected chi connectivity index (χ3v) is 3.50. The van der Waals surface area contributed by atoms with E-state index in [0.29, 0.717) is 23.5 Å². The highest BCUT2D eigenvalue weighted by Gasteiger charge is 2.14. The molecule has 2 rings (SSSR count). The highest BCUT2D eigenvalue weighted by Crippen LogP contribution is 2.09. The van der Waals surface area contributed by atoms with Gasteiger partial charge in [-0.25, -0.2) is 0 Å². The van der Waals surface area contributed by atoms with Crippen molar-refractivity contribution in [2.24, 2.45) is 0 Å². The van der Waals surface area contributed by atoms with Crippen LogP contribution in [0, 0.1) is 6.92 Å². The van der Waals surface area contributed by atoms with Gasteiger partial charge in [0.2, 0.25) is 5.91 Å². The molecule has 1 aromatic heterocycles. The van der Waals surface area contributed by atoms with Crippen molar-refractivity contribution in [1.29, 1.82) is 0 Å². The molecule has 0 aliphatic heterocycles. The second-order valence-electron chi connectivity index (χ2n) is 5.37. The largest absolute Gasteiger partial charge is 0.355 e. The summed E-state index contributed by atoms with van der Waals surface area (Å²) in [5, 5.41) is 11.9. The van der Waals surface area contributed by atoms with Crippen LogP contribution in [0.4, 0.5) is 5.69 Å². The predicted octanol–water partition coefficient (Wildman–Crippen LogP) is 0.940. The van der Waals surface area contributed by atoms with Gasteiger partial charge >= 0.3 is 0 Å². The smallest absolute Gasteiger partial charge is 0.269 e. The van der Waals surface area contributed by atoms with Crippen LogP contribution >= 0.6 is 0 Å². The fourth-order valence-corrected chi connectivity index (χ4v) is 2.27. The molecule has 25 heavy (non-hydrogen) atoms. The summed E-state index contributed by atoms with van der Waals surface area (Å²) in [4.78, 5) is 35.6. The first-order valence-corrected chi connectivity index (χ1v) is 7.89. The monoisotopic (exact) mass is 343 g/mol. The SMILES string of the molecule is CCn1nc(C)cc1C(=O)NCC(=O)Nc1ccc(C(=O)NC)cc1. The van der Waals surface area contributed by atoms with Crippen molar-refractivity contribution in [3.8, 4) is 0 Å². The Morgan fingerprint density at radius 2 is 1.80 bits per heavy atom. The van der Waals surface area contributed by atoms with E-state index in [1.54, 1.807) is 49.0 Å².